The van der Waals surface area contributed by atoms with E-state index in [4.69, 9.17) is 10.8 Å². The lowest BCUT2D eigenvalue weighted by molar-refractivity contribution is -0.134. The molecule has 1 fully saturated rings. The van der Waals surface area contributed by atoms with Crippen molar-refractivity contribution < 1.29 is 18.3 Å². The van der Waals surface area contributed by atoms with Gasteiger partial charge in [-0.15, -0.1) is 11.3 Å². The second-order valence-corrected chi connectivity index (χ2v) is 4.96. The molecule has 84 valence electrons. The molecule has 1 saturated carbocycles. The highest BCUT2D eigenvalue weighted by Crippen LogP contribution is 2.44. The minimum atomic E-state index is -4.30. The van der Waals surface area contributed by atoms with Crippen LogP contribution in [0.4, 0.5) is 13.2 Å². The van der Waals surface area contributed by atoms with Crippen LogP contribution >= 0.6 is 11.3 Å². The second kappa shape index (κ2) is 3.20. The molecular weight excluding hydrogens is 227 g/mol. The number of hydrogen-bond donors (Lipinski definition) is 2. The molecule has 1 heterocycles. The first-order valence-electron chi connectivity index (χ1n) is 4.46. The number of halogens is 3. The third-order valence-corrected chi connectivity index (χ3v) is 3.93. The van der Waals surface area contributed by atoms with E-state index >= 15 is 0 Å². The summed E-state index contributed by atoms with van der Waals surface area (Å²) >= 11 is 0.664. The van der Waals surface area contributed by atoms with Crippen LogP contribution in [0.1, 0.15) is 22.6 Å². The molecule has 1 aromatic rings. The maximum absolute atomic E-state index is 12.3. The van der Waals surface area contributed by atoms with Crippen LogP contribution in [0.3, 0.4) is 0 Å². The number of thiophene rings is 1. The third-order valence-electron chi connectivity index (χ3n) is 2.58. The van der Waals surface area contributed by atoms with E-state index in [1.165, 1.54) is 6.07 Å². The van der Waals surface area contributed by atoms with Gasteiger partial charge in [0.1, 0.15) is 4.88 Å². The van der Waals surface area contributed by atoms with Gasteiger partial charge in [-0.25, -0.2) is 0 Å². The van der Waals surface area contributed by atoms with Crippen LogP contribution in [0.2, 0.25) is 0 Å². The van der Waals surface area contributed by atoms with Crippen molar-refractivity contribution >= 4 is 11.3 Å². The molecule has 1 aliphatic carbocycles. The van der Waals surface area contributed by atoms with E-state index in [9.17, 15) is 13.2 Å². The Morgan fingerprint density at radius 3 is 2.40 bits per heavy atom. The average Bonchev–Trinajstić information content (AvgIpc) is 2.47. The normalized spacial score (nSPS) is 31.4. The quantitative estimate of drug-likeness (QED) is 0.785. The summed E-state index contributed by atoms with van der Waals surface area (Å²) in [4.78, 5) is -0.135. The van der Waals surface area contributed by atoms with Crippen molar-refractivity contribution in [3.8, 4) is 0 Å². The Labute approximate surface area is 88.5 Å². The standard InChI is InChI=1S/C9H10F3NOS/c10-9(11,12)7-2-1-6(15-7)8(13)3-5(14)4-8/h1-2,5,14H,3-4,13H2. The molecule has 2 nitrogen and oxygen atoms in total. The molecule has 0 amide bonds. The van der Waals surface area contributed by atoms with Crippen molar-refractivity contribution in [3.63, 3.8) is 0 Å². The zero-order chi connectivity index (χ0) is 11.3. The van der Waals surface area contributed by atoms with Gasteiger partial charge in [0, 0.05) is 4.88 Å². The van der Waals surface area contributed by atoms with Crippen molar-refractivity contribution in [1.82, 2.24) is 0 Å². The third kappa shape index (κ3) is 1.89. The zero-order valence-corrected chi connectivity index (χ0v) is 8.53. The van der Waals surface area contributed by atoms with Crippen LogP contribution < -0.4 is 5.73 Å². The number of nitrogens with two attached hydrogens (primary N) is 1. The van der Waals surface area contributed by atoms with E-state index < -0.39 is 22.7 Å². The lowest BCUT2D eigenvalue weighted by Gasteiger charge is -2.41. The Hall–Kier alpha value is -0.590. The Kier molecular flexibility index (Phi) is 2.33. The summed E-state index contributed by atoms with van der Waals surface area (Å²) in [6, 6.07) is 2.44. The van der Waals surface area contributed by atoms with Crippen molar-refractivity contribution in [2.75, 3.05) is 0 Å². The largest absolute Gasteiger partial charge is 0.425 e. The molecule has 6 heteroatoms. The van der Waals surface area contributed by atoms with E-state index in [0.29, 0.717) is 29.1 Å². The highest BCUT2D eigenvalue weighted by Gasteiger charge is 2.44. The fourth-order valence-electron chi connectivity index (χ4n) is 1.74. The number of alkyl halides is 3. The molecule has 0 saturated heterocycles. The number of aliphatic hydroxyl groups excluding tert-OH is 1. The molecule has 2 rings (SSSR count). The predicted molar refractivity (Wildman–Crippen MR) is 50.4 cm³/mol. The van der Waals surface area contributed by atoms with E-state index in [2.05, 4.69) is 0 Å². The van der Waals surface area contributed by atoms with Crippen molar-refractivity contribution in [2.45, 2.75) is 30.7 Å². The van der Waals surface area contributed by atoms with Crippen LogP contribution in [0.15, 0.2) is 12.1 Å². The number of rotatable bonds is 1. The first-order chi connectivity index (χ1) is 6.81. The van der Waals surface area contributed by atoms with E-state index in [1.807, 2.05) is 0 Å². The van der Waals surface area contributed by atoms with Crippen LogP contribution in [0, 0.1) is 0 Å². The second-order valence-electron chi connectivity index (χ2n) is 3.88. The van der Waals surface area contributed by atoms with Gasteiger partial charge >= 0.3 is 6.18 Å². The van der Waals surface area contributed by atoms with E-state index in [0.717, 1.165) is 6.07 Å². The highest BCUT2D eigenvalue weighted by molar-refractivity contribution is 7.12. The van der Waals surface area contributed by atoms with Gasteiger partial charge in [0.05, 0.1) is 11.6 Å². The predicted octanol–water partition coefficient (Wildman–Crippen LogP) is 2.08. The molecule has 0 aliphatic heterocycles. The van der Waals surface area contributed by atoms with Gasteiger partial charge in [0.2, 0.25) is 0 Å². The lowest BCUT2D eigenvalue weighted by atomic mass is 9.74. The molecule has 0 radical (unpaired) electrons. The fraction of sp³-hybridized carbons (Fsp3) is 0.556. The van der Waals surface area contributed by atoms with Gasteiger partial charge in [-0.2, -0.15) is 13.2 Å². The summed E-state index contributed by atoms with van der Waals surface area (Å²) in [5, 5.41) is 9.11. The molecule has 1 aromatic heterocycles. The van der Waals surface area contributed by atoms with E-state index in [1.54, 1.807) is 0 Å². The molecule has 0 aromatic carbocycles. The molecule has 0 bridgehead atoms. The summed E-state index contributed by atoms with van der Waals surface area (Å²) in [7, 11) is 0. The zero-order valence-electron chi connectivity index (χ0n) is 7.71. The Bertz CT molecular complexity index is 368. The SMILES string of the molecule is NC1(c2ccc(C(F)(F)F)s2)CC(O)C1. The maximum atomic E-state index is 12.3. The van der Waals surface area contributed by atoms with Gasteiger partial charge in [-0.1, -0.05) is 0 Å². The molecule has 0 unspecified atom stereocenters. The summed E-state index contributed by atoms with van der Waals surface area (Å²) < 4.78 is 36.9. The van der Waals surface area contributed by atoms with Crippen LogP contribution in [0.5, 0.6) is 0 Å². The maximum Gasteiger partial charge on any atom is 0.425 e. The summed E-state index contributed by atoms with van der Waals surface area (Å²) in [6.45, 7) is 0. The van der Waals surface area contributed by atoms with Gasteiger partial charge in [-0.3, -0.25) is 0 Å². The number of aliphatic hydroxyl groups is 1. The molecule has 15 heavy (non-hydrogen) atoms. The van der Waals surface area contributed by atoms with E-state index in [-0.39, 0.29) is 0 Å². The first kappa shape index (κ1) is 10.9. The van der Waals surface area contributed by atoms with Crippen molar-refractivity contribution in [1.29, 1.82) is 0 Å². The molecule has 0 spiro atoms. The van der Waals surface area contributed by atoms with Crippen LogP contribution in [-0.4, -0.2) is 11.2 Å². The van der Waals surface area contributed by atoms with Gasteiger partial charge < -0.3 is 10.8 Å². The first-order valence-corrected chi connectivity index (χ1v) is 5.27. The van der Waals surface area contributed by atoms with Gasteiger partial charge in [0.25, 0.3) is 0 Å². The molecule has 0 atom stereocenters. The molecule has 1 aliphatic rings. The Balaban J connectivity index is 2.21. The summed E-state index contributed by atoms with van der Waals surface area (Å²) in [5.74, 6) is 0. The summed E-state index contributed by atoms with van der Waals surface area (Å²) in [6.07, 6.45) is -4.11. The number of hydrogen-bond acceptors (Lipinski definition) is 3. The Morgan fingerprint density at radius 2 is 2.00 bits per heavy atom. The molecular formula is C9H10F3NOS. The minimum Gasteiger partial charge on any atom is -0.393 e. The van der Waals surface area contributed by atoms with Crippen LogP contribution in [-0.2, 0) is 11.7 Å². The van der Waals surface area contributed by atoms with Crippen molar-refractivity contribution in [2.24, 2.45) is 5.73 Å². The smallest absolute Gasteiger partial charge is 0.393 e. The fourth-order valence-corrected chi connectivity index (χ4v) is 2.73. The monoisotopic (exact) mass is 237 g/mol. The average molecular weight is 237 g/mol. The topological polar surface area (TPSA) is 46.2 Å². The van der Waals surface area contributed by atoms with Crippen LogP contribution in [0.25, 0.3) is 0 Å². The summed E-state index contributed by atoms with van der Waals surface area (Å²) in [5.41, 5.74) is 5.10. The van der Waals surface area contributed by atoms with Gasteiger partial charge in [0.15, 0.2) is 0 Å². The minimum absolute atomic E-state index is 0.338. The lowest BCUT2D eigenvalue weighted by Crippen LogP contribution is -2.51. The van der Waals surface area contributed by atoms with Gasteiger partial charge in [-0.05, 0) is 25.0 Å². The van der Waals surface area contributed by atoms with Crippen molar-refractivity contribution in [3.05, 3.63) is 21.9 Å². The highest BCUT2D eigenvalue weighted by atomic mass is 32.1. The Morgan fingerprint density at radius 1 is 1.40 bits per heavy atom. The molecule has 3 N–H and O–H groups in total.